The quantitative estimate of drug-likeness (QED) is 0.678. The maximum atomic E-state index is 11.8. The van der Waals surface area contributed by atoms with E-state index in [2.05, 4.69) is 10.6 Å². The van der Waals surface area contributed by atoms with E-state index in [9.17, 15) is 9.90 Å². The van der Waals surface area contributed by atoms with Crippen molar-refractivity contribution >= 4 is 52.2 Å². The maximum absolute atomic E-state index is 11.8. The van der Waals surface area contributed by atoms with E-state index in [0.717, 1.165) is 0 Å². The van der Waals surface area contributed by atoms with Crippen LogP contribution in [0, 0.1) is 0 Å². The fraction of sp³-hybridized carbons (Fsp3) is 0. The van der Waals surface area contributed by atoms with Gasteiger partial charge in [0.2, 0.25) is 0 Å². The third-order valence-corrected chi connectivity index (χ3v) is 3.42. The highest BCUT2D eigenvalue weighted by Crippen LogP contribution is 2.27. The van der Waals surface area contributed by atoms with Crippen molar-refractivity contribution in [2.75, 3.05) is 10.6 Å². The van der Waals surface area contributed by atoms with Gasteiger partial charge in [-0.25, -0.2) is 4.79 Å². The second-order valence-electron chi connectivity index (χ2n) is 3.87. The number of hydrogen-bond acceptors (Lipinski definition) is 2. The first-order valence-corrected chi connectivity index (χ1v) is 6.60. The Morgan fingerprint density at radius 2 is 1.40 bits per heavy atom. The number of amides is 2. The van der Waals surface area contributed by atoms with Crippen molar-refractivity contribution in [3.63, 3.8) is 0 Å². The lowest BCUT2D eigenvalue weighted by Crippen LogP contribution is -2.19. The summed E-state index contributed by atoms with van der Waals surface area (Å²) in [6, 6.07) is 8.62. The molecule has 0 heterocycles. The van der Waals surface area contributed by atoms with E-state index >= 15 is 0 Å². The van der Waals surface area contributed by atoms with Gasteiger partial charge < -0.3 is 15.7 Å². The van der Waals surface area contributed by atoms with Crippen molar-refractivity contribution in [3.05, 3.63) is 51.5 Å². The molecule has 2 rings (SSSR count). The van der Waals surface area contributed by atoms with Gasteiger partial charge in [-0.3, -0.25) is 0 Å². The van der Waals surface area contributed by atoms with Crippen LogP contribution in [0.4, 0.5) is 16.2 Å². The average Bonchev–Trinajstić information content (AvgIpc) is 2.38. The number of urea groups is 1. The highest BCUT2D eigenvalue weighted by Gasteiger charge is 2.06. The molecule has 20 heavy (non-hydrogen) atoms. The van der Waals surface area contributed by atoms with Crippen molar-refractivity contribution in [1.29, 1.82) is 0 Å². The van der Waals surface area contributed by atoms with E-state index < -0.39 is 6.03 Å². The molecule has 0 aliphatic carbocycles. The number of nitrogens with one attached hydrogen (secondary N) is 2. The molecule has 0 atom stereocenters. The topological polar surface area (TPSA) is 61.4 Å². The predicted octanol–water partition coefficient (Wildman–Crippen LogP) is 5.00. The summed E-state index contributed by atoms with van der Waals surface area (Å²) in [7, 11) is 0. The first kappa shape index (κ1) is 14.8. The number of carbonyl (C=O) groups is 1. The normalized spacial score (nSPS) is 10.2. The fourth-order valence-corrected chi connectivity index (χ4v) is 1.93. The van der Waals surface area contributed by atoms with Crippen molar-refractivity contribution in [3.8, 4) is 5.75 Å². The minimum Gasteiger partial charge on any atom is -0.506 e. The van der Waals surface area contributed by atoms with Crippen molar-refractivity contribution in [2.45, 2.75) is 0 Å². The van der Waals surface area contributed by atoms with Crippen LogP contribution in [0.1, 0.15) is 0 Å². The van der Waals surface area contributed by atoms with E-state index in [-0.39, 0.29) is 10.8 Å². The van der Waals surface area contributed by atoms with E-state index in [0.29, 0.717) is 21.4 Å². The van der Waals surface area contributed by atoms with E-state index in [1.54, 1.807) is 12.1 Å². The molecule has 0 aromatic heterocycles. The van der Waals surface area contributed by atoms with Gasteiger partial charge in [0.1, 0.15) is 5.75 Å². The zero-order valence-corrected chi connectivity index (χ0v) is 12.2. The second-order valence-corrected chi connectivity index (χ2v) is 5.10. The number of phenols is 1. The minimum atomic E-state index is -0.467. The Balaban J connectivity index is 2.04. The lowest BCUT2D eigenvalue weighted by Gasteiger charge is -2.09. The van der Waals surface area contributed by atoms with Gasteiger partial charge in [-0.15, -0.1) is 0 Å². The number of halogens is 3. The van der Waals surface area contributed by atoms with Crippen molar-refractivity contribution in [2.24, 2.45) is 0 Å². The Hall–Kier alpha value is -1.62. The largest absolute Gasteiger partial charge is 0.506 e. The molecule has 2 aromatic carbocycles. The lowest BCUT2D eigenvalue weighted by molar-refractivity contribution is 0.262. The molecule has 0 spiro atoms. The number of hydrogen-bond donors (Lipinski definition) is 3. The monoisotopic (exact) mass is 330 g/mol. The summed E-state index contributed by atoms with van der Waals surface area (Å²) in [4.78, 5) is 11.8. The Morgan fingerprint density at radius 3 is 1.95 bits per heavy atom. The molecular weight excluding hydrogens is 323 g/mol. The molecule has 7 heteroatoms. The van der Waals surface area contributed by atoms with Crippen LogP contribution >= 0.6 is 34.8 Å². The molecule has 0 saturated carbocycles. The second kappa shape index (κ2) is 6.22. The van der Waals surface area contributed by atoms with Crippen LogP contribution < -0.4 is 10.6 Å². The van der Waals surface area contributed by atoms with Crippen LogP contribution in [0.15, 0.2) is 36.4 Å². The number of phenolic OH excluding ortho intramolecular Hbond substituents is 1. The summed E-state index contributed by atoms with van der Waals surface area (Å²) in [5.74, 6) is -0.0536. The van der Waals surface area contributed by atoms with Crippen LogP contribution in [0.25, 0.3) is 0 Å². The third-order valence-electron chi connectivity index (χ3n) is 2.38. The molecule has 0 radical (unpaired) electrons. The maximum Gasteiger partial charge on any atom is 0.323 e. The molecule has 0 aliphatic heterocycles. The summed E-state index contributed by atoms with van der Waals surface area (Å²) >= 11 is 17.4. The molecule has 2 amide bonds. The molecule has 104 valence electrons. The minimum absolute atomic E-state index is 0.0536. The van der Waals surface area contributed by atoms with Crippen molar-refractivity contribution < 1.29 is 9.90 Å². The van der Waals surface area contributed by atoms with E-state index in [1.165, 1.54) is 24.3 Å². The van der Waals surface area contributed by atoms with Gasteiger partial charge in [0.15, 0.2) is 0 Å². The molecule has 3 N–H and O–H groups in total. The van der Waals surface area contributed by atoms with Crippen molar-refractivity contribution in [1.82, 2.24) is 0 Å². The van der Waals surface area contributed by atoms with Gasteiger partial charge in [-0.05, 0) is 36.4 Å². The van der Waals surface area contributed by atoms with Gasteiger partial charge in [0.25, 0.3) is 0 Å². The predicted molar refractivity (Wildman–Crippen MR) is 82.2 cm³/mol. The van der Waals surface area contributed by atoms with Gasteiger partial charge in [0, 0.05) is 11.4 Å². The summed E-state index contributed by atoms with van der Waals surface area (Å²) < 4.78 is 0. The molecule has 0 bridgehead atoms. The third kappa shape index (κ3) is 3.70. The Kier molecular flexibility index (Phi) is 4.60. The summed E-state index contributed by atoms with van der Waals surface area (Å²) in [6.07, 6.45) is 0. The molecular formula is C13H9Cl3N2O2. The highest BCUT2D eigenvalue weighted by molar-refractivity contribution is 6.42. The molecule has 0 unspecified atom stereocenters. The van der Waals surface area contributed by atoms with Crippen LogP contribution in [0.5, 0.6) is 5.75 Å². The first-order valence-electron chi connectivity index (χ1n) is 5.47. The molecule has 0 aliphatic rings. The van der Waals surface area contributed by atoms with E-state index in [4.69, 9.17) is 34.8 Å². The number of benzene rings is 2. The Morgan fingerprint density at radius 1 is 0.850 bits per heavy atom. The van der Waals surface area contributed by atoms with Gasteiger partial charge >= 0.3 is 6.03 Å². The van der Waals surface area contributed by atoms with Crippen LogP contribution in [-0.2, 0) is 0 Å². The summed E-state index contributed by atoms with van der Waals surface area (Å²) in [6.45, 7) is 0. The number of rotatable bonds is 2. The number of carbonyl (C=O) groups excluding carboxylic acids is 1. The van der Waals surface area contributed by atoms with E-state index in [1.807, 2.05) is 0 Å². The summed E-state index contributed by atoms with van der Waals surface area (Å²) in [5, 5.41) is 15.3. The van der Waals surface area contributed by atoms with Gasteiger partial charge in [-0.2, -0.15) is 0 Å². The lowest BCUT2D eigenvalue weighted by atomic mass is 10.3. The van der Waals surface area contributed by atoms with Gasteiger partial charge in [0.05, 0.1) is 15.1 Å². The molecule has 2 aromatic rings. The SMILES string of the molecule is O=C(Nc1ccc(O)c(Cl)c1)Nc1ccc(Cl)c(Cl)c1. The van der Waals surface area contributed by atoms with Crippen LogP contribution in [0.2, 0.25) is 15.1 Å². The number of aromatic hydroxyl groups is 1. The van der Waals surface area contributed by atoms with Gasteiger partial charge in [-0.1, -0.05) is 34.8 Å². The molecule has 0 saturated heterocycles. The number of anilines is 2. The van der Waals surface area contributed by atoms with Crippen LogP contribution in [0.3, 0.4) is 0 Å². The van der Waals surface area contributed by atoms with Crippen LogP contribution in [-0.4, -0.2) is 11.1 Å². The fourth-order valence-electron chi connectivity index (χ4n) is 1.45. The zero-order chi connectivity index (χ0) is 14.7. The Bertz CT molecular complexity index is 607. The first-order chi connectivity index (χ1) is 9.45. The summed E-state index contributed by atoms with van der Waals surface area (Å²) in [5.41, 5.74) is 0.951. The highest BCUT2D eigenvalue weighted by atomic mass is 35.5. The zero-order valence-electron chi connectivity index (χ0n) is 9.95. The smallest absolute Gasteiger partial charge is 0.323 e. The standard InChI is InChI=1S/C13H9Cl3N2O2/c14-9-3-1-7(5-10(9)15)17-13(20)18-8-2-4-12(19)11(16)6-8/h1-6,19H,(H2,17,18,20). The molecule has 4 nitrogen and oxygen atoms in total. The molecule has 0 fully saturated rings. The Labute approximate surface area is 130 Å². The average molecular weight is 332 g/mol.